The Balaban J connectivity index is 1.85. The van der Waals surface area contributed by atoms with E-state index in [1.807, 2.05) is 0 Å². The van der Waals surface area contributed by atoms with Crippen molar-refractivity contribution in [1.29, 1.82) is 0 Å². The van der Waals surface area contributed by atoms with Crippen LogP contribution in [-0.2, 0) is 4.79 Å². The van der Waals surface area contributed by atoms with Crippen molar-refractivity contribution in [3.8, 4) is 0 Å². The number of hydrogen-bond acceptors (Lipinski definition) is 4. The van der Waals surface area contributed by atoms with Crippen LogP contribution in [0.1, 0.15) is 29.6 Å². The lowest BCUT2D eigenvalue weighted by molar-refractivity contribution is -0.148. The molecule has 1 saturated carbocycles. The minimum Gasteiger partial charge on any atom is -0.480 e. The largest absolute Gasteiger partial charge is 0.480 e. The molecule has 7 heteroatoms. The molecule has 1 heterocycles. The van der Waals surface area contributed by atoms with E-state index in [0.717, 1.165) is 6.42 Å². The van der Waals surface area contributed by atoms with Gasteiger partial charge in [0, 0.05) is 5.56 Å². The predicted octanol–water partition coefficient (Wildman–Crippen LogP) is 0.695. The van der Waals surface area contributed by atoms with Gasteiger partial charge in [-0.3, -0.25) is 4.79 Å². The number of benzene rings is 1. The first-order valence-electron chi connectivity index (χ1n) is 5.97. The number of carboxylic acid groups (broad SMARTS) is 1. The van der Waals surface area contributed by atoms with Gasteiger partial charge in [-0.2, -0.15) is 15.4 Å². The van der Waals surface area contributed by atoms with Crippen LogP contribution in [0.3, 0.4) is 0 Å². The van der Waals surface area contributed by atoms with Crippen molar-refractivity contribution < 1.29 is 14.7 Å². The molecule has 98 valence electrons. The number of carbonyl (C=O) groups is 2. The Bertz CT molecular complexity index is 660. The molecular weight excluding hydrogens is 248 g/mol. The molecule has 0 spiro atoms. The van der Waals surface area contributed by atoms with Crippen molar-refractivity contribution >= 4 is 22.9 Å². The fourth-order valence-electron chi connectivity index (χ4n) is 2.19. The summed E-state index contributed by atoms with van der Waals surface area (Å²) in [5.41, 5.74) is 0.517. The number of fused-ring (bicyclic) bond motifs is 1. The number of H-pyrrole nitrogens is 1. The molecule has 1 aliphatic rings. The Morgan fingerprint density at radius 3 is 2.63 bits per heavy atom. The summed E-state index contributed by atoms with van der Waals surface area (Å²) in [5, 5.41) is 22.0. The zero-order valence-electron chi connectivity index (χ0n) is 10.0. The highest BCUT2D eigenvalue weighted by molar-refractivity contribution is 6.00. The second kappa shape index (κ2) is 4.04. The van der Waals surface area contributed by atoms with Crippen molar-refractivity contribution in [1.82, 2.24) is 20.7 Å². The number of nitrogens with one attached hydrogen (secondary N) is 2. The highest BCUT2D eigenvalue weighted by atomic mass is 16.4. The highest BCUT2D eigenvalue weighted by Crippen LogP contribution is 2.32. The average molecular weight is 260 g/mol. The molecule has 0 radical (unpaired) electrons. The Kier molecular flexibility index (Phi) is 2.48. The molecule has 0 atom stereocenters. The molecule has 1 aromatic carbocycles. The van der Waals surface area contributed by atoms with E-state index in [1.54, 1.807) is 18.2 Å². The van der Waals surface area contributed by atoms with E-state index in [1.165, 1.54) is 0 Å². The number of carbonyl (C=O) groups excluding carboxylic acids is 1. The van der Waals surface area contributed by atoms with E-state index in [9.17, 15) is 14.7 Å². The Morgan fingerprint density at radius 1 is 1.26 bits per heavy atom. The van der Waals surface area contributed by atoms with Crippen LogP contribution >= 0.6 is 0 Å². The summed E-state index contributed by atoms with van der Waals surface area (Å²) in [7, 11) is 0. The minimum absolute atomic E-state index is 0.383. The number of aromatic nitrogens is 3. The van der Waals surface area contributed by atoms with E-state index in [0.29, 0.717) is 29.4 Å². The second-order valence-electron chi connectivity index (χ2n) is 4.72. The van der Waals surface area contributed by atoms with Crippen LogP contribution in [0.15, 0.2) is 18.2 Å². The molecule has 0 saturated heterocycles. The third-order valence-electron chi connectivity index (χ3n) is 3.55. The van der Waals surface area contributed by atoms with Gasteiger partial charge in [-0.1, -0.05) is 0 Å². The summed E-state index contributed by atoms with van der Waals surface area (Å²) >= 11 is 0. The zero-order chi connectivity index (χ0) is 13.5. The van der Waals surface area contributed by atoms with Crippen molar-refractivity contribution in [2.75, 3.05) is 0 Å². The van der Waals surface area contributed by atoms with Crippen LogP contribution in [-0.4, -0.2) is 37.9 Å². The van der Waals surface area contributed by atoms with Crippen molar-refractivity contribution in [3.63, 3.8) is 0 Å². The number of nitrogens with zero attached hydrogens (tertiary/aromatic N) is 2. The number of hydrogen-bond donors (Lipinski definition) is 3. The van der Waals surface area contributed by atoms with E-state index in [-0.39, 0.29) is 0 Å². The molecule has 7 nitrogen and oxygen atoms in total. The van der Waals surface area contributed by atoms with E-state index in [2.05, 4.69) is 20.7 Å². The normalized spacial score (nSPS) is 16.8. The molecule has 3 N–H and O–H groups in total. The Hall–Kier alpha value is -2.44. The lowest BCUT2D eigenvalue weighted by atomic mass is 9.76. The van der Waals surface area contributed by atoms with Crippen molar-refractivity contribution in [2.45, 2.75) is 24.8 Å². The highest BCUT2D eigenvalue weighted by Gasteiger charge is 2.45. The third kappa shape index (κ3) is 1.83. The Labute approximate surface area is 108 Å². The first-order chi connectivity index (χ1) is 9.11. The second-order valence-corrected chi connectivity index (χ2v) is 4.72. The summed E-state index contributed by atoms with van der Waals surface area (Å²) in [6, 6.07) is 4.86. The standard InChI is InChI=1S/C12H12N4O3/c17-10(13-12(11(18)19)4-1-5-12)7-2-3-8-9(6-7)15-16-14-8/h2-3,6H,1,4-5H2,(H,13,17)(H,18,19)(H,14,15,16). The maximum atomic E-state index is 12.1. The molecule has 0 bridgehead atoms. The summed E-state index contributed by atoms with van der Waals surface area (Å²) in [6.45, 7) is 0. The molecular formula is C12H12N4O3. The number of carboxylic acids is 1. The van der Waals surface area contributed by atoms with Crippen molar-refractivity contribution in [3.05, 3.63) is 23.8 Å². The van der Waals surface area contributed by atoms with Gasteiger partial charge < -0.3 is 10.4 Å². The number of aliphatic carboxylic acids is 1. The van der Waals surface area contributed by atoms with Crippen LogP contribution in [0, 0.1) is 0 Å². The fourth-order valence-corrected chi connectivity index (χ4v) is 2.19. The molecule has 1 aromatic heterocycles. The predicted molar refractivity (Wildman–Crippen MR) is 65.6 cm³/mol. The van der Waals surface area contributed by atoms with Gasteiger partial charge in [-0.15, -0.1) is 0 Å². The minimum atomic E-state index is -1.10. The van der Waals surface area contributed by atoms with Gasteiger partial charge in [0.1, 0.15) is 16.6 Å². The van der Waals surface area contributed by atoms with Gasteiger partial charge in [0.2, 0.25) is 0 Å². The van der Waals surface area contributed by atoms with E-state index >= 15 is 0 Å². The molecule has 19 heavy (non-hydrogen) atoms. The first-order valence-corrected chi connectivity index (χ1v) is 5.97. The average Bonchev–Trinajstić information content (AvgIpc) is 2.79. The Morgan fingerprint density at radius 2 is 2.00 bits per heavy atom. The summed E-state index contributed by atoms with van der Waals surface area (Å²) < 4.78 is 0. The summed E-state index contributed by atoms with van der Waals surface area (Å²) in [6.07, 6.45) is 1.76. The smallest absolute Gasteiger partial charge is 0.329 e. The quantitative estimate of drug-likeness (QED) is 0.752. The van der Waals surface area contributed by atoms with Gasteiger partial charge in [-0.25, -0.2) is 4.79 Å². The summed E-state index contributed by atoms with van der Waals surface area (Å²) in [5.74, 6) is -1.37. The molecule has 0 unspecified atom stereocenters. The number of rotatable bonds is 3. The van der Waals surface area contributed by atoms with Crippen LogP contribution in [0.25, 0.3) is 11.0 Å². The van der Waals surface area contributed by atoms with Crippen LogP contribution < -0.4 is 5.32 Å². The van der Waals surface area contributed by atoms with E-state index in [4.69, 9.17) is 0 Å². The molecule has 2 aromatic rings. The fraction of sp³-hybridized carbons (Fsp3) is 0.333. The molecule has 3 rings (SSSR count). The third-order valence-corrected chi connectivity index (χ3v) is 3.55. The van der Waals surface area contributed by atoms with Crippen LogP contribution in [0.5, 0.6) is 0 Å². The van der Waals surface area contributed by atoms with Crippen molar-refractivity contribution in [2.24, 2.45) is 0 Å². The SMILES string of the molecule is O=C(NC1(C(=O)O)CCC1)c1ccc2n[nH]nc2c1. The maximum Gasteiger partial charge on any atom is 0.329 e. The maximum absolute atomic E-state index is 12.1. The van der Waals surface area contributed by atoms with Gasteiger partial charge >= 0.3 is 5.97 Å². The number of amides is 1. The van der Waals surface area contributed by atoms with Crippen LogP contribution in [0.4, 0.5) is 0 Å². The van der Waals surface area contributed by atoms with E-state index < -0.39 is 17.4 Å². The molecule has 1 aliphatic carbocycles. The molecule has 1 fully saturated rings. The summed E-state index contributed by atoms with van der Waals surface area (Å²) in [4.78, 5) is 23.3. The monoisotopic (exact) mass is 260 g/mol. The lowest BCUT2D eigenvalue weighted by Crippen LogP contribution is -2.59. The van der Waals surface area contributed by atoms with Gasteiger partial charge in [0.25, 0.3) is 5.91 Å². The molecule has 0 aliphatic heterocycles. The van der Waals surface area contributed by atoms with Crippen LogP contribution in [0.2, 0.25) is 0 Å². The topological polar surface area (TPSA) is 108 Å². The lowest BCUT2D eigenvalue weighted by Gasteiger charge is -2.38. The zero-order valence-corrected chi connectivity index (χ0v) is 10.0. The van der Waals surface area contributed by atoms with Gasteiger partial charge in [-0.05, 0) is 37.5 Å². The first kappa shape index (κ1) is 11.6. The number of aromatic amines is 1. The van der Waals surface area contributed by atoms with Gasteiger partial charge in [0.15, 0.2) is 0 Å². The molecule has 1 amide bonds. The van der Waals surface area contributed by atoms with Gasteiger partial charge in [0.05, 0.1) is 0 Å².